The summed E-state index contributed by atoms with van der Waals surface area (Å²) in [5.74, 6) is -0.0123. The number of hydrogen-bond donors (Lipinski definition) is 2. The van der Waals surface area contributed by atoms with Gasteiger partial charge in [-0.15, -0.1) is 0 Å². The molecule has 0 rings (SSSR count). The average molecular weight is 173 g/mol. The van der Waals surface area contributed by atoms with E-state index in [-0.39, 0.29) is 17.8 Å². The largest absolute Gasteiger partial charge is 0.394 e. The lowest BCUT2D eigenvalue weighted by atomic mass is 9.96. The zero-order valence-corrected chi connectivity index (χ0v) is 8.35. The van der Waals surface area contributed by atoms with Gasteiger partial charge >= 0.3 is 0 Å². The Kier molecular flexibility index (Phi) is 4.42. The molecule has 3 heteroatoms. The van der Waals surface area contributed by atoms with Crippen LogP contribution >= 0.6 is 0 Å². The van der Waals surface area contributed by atoms with E-state index in [1.54, 1.807) is 0 Å². The van der Waals surface area contributed by atoms with Crippen LogP contribution in [0.15, 0.2) is 0 Å². The summed E-state index contributed by atoms with van der Waals surface area (Å²) in [6.07, 6.45) is 0. The van der Waals surface area contributed by atoms with Crippen molar-refractivity contribution in [1.82, 2.24) is 5.32 Å². The maximum atomic E-state index is 10.9. The molecule has 0 aliphatic rings. The van der Waals surface area contributed by atoms with E-state index in [2.05, 4.69) is 26.1 Å². The Labute approximate surface area is 74.2 Å². The molecule has 0 spiro atoms. The number of rotatable bonds is 4. The van der Waals surface area contributed by atoms with Crippen molar-refractivity contribution in [2.24, 2.45) is 5.41 Å². The third-order valence-electron chi connectivity index (χ3n) is 1.55. The number of carbonyl (C=O) groups excluding carboxylic acids is 1. The summed E-state index contributed by atoms with van der Waals surface area (Å²) < 4.78 is 0. The van der Waals surface area contributed by atoms with Gasteiger partial charge in [-0.3, -0.25) is 4.79 Å². The second-order valence-electron chi connectivity index (χ2n) is 4.29. The predicted octanol–water partition coefficient (Wildman–Crippen LogP) is 0.572. The maximum absolute atomic E-state index is 10.9. The van der Waals surface area contributed by atoms with Gasteiger partial charge in [-0.25, -0.2) is 0 Å². The lowest BCUT2D eigenvalue weighted by Gasteiger charge is -2.22. The molecule has 0 radical (unpaired) electrons. The molecule has 0 amide bonds. The molecule has 3 nitrogen and oxygen atoms in total. The van der Waals surface area contributed by atoms with Crippen LogP contribution in [0.5, 0.6) is 0 Å². The zero-order chi connectivity index (χ0) is 9.78. The quantitative estimate of drug-likeness (QED) is 0.653. The molecule has 12 heavy (non-hydrogen) atoms. The SMILES string of the molecule is CC(=O)[C@H](CO)NCC(C)(C)C. The summed E-state index contributed by atoms with van der Waals surface area (Å²) in [6, 6.07) is -0.399. The molecular weight excluding hydrogens is 154 g/mol. The third kappa shape index (κ3) is 5.27. The number of hydrogen-bond acceptors (Lipinski definition) is 3. The van der Waals surface area contributed by atoms with Gasteiger partial charge in [-0.05, 0) is 12.3 Å². The second-order valence-corrected chi connectivity index (χ2v) is 4.29. The van der Waals surface area contributed by atoms with Gasteiger partial charge in [0.05, 0.1) is 12.6 Å². The molecule has 72 valence electrons. The van der Waals surface area contributed by atoms with Crippen molar-refractivity contribution < 1.29 is 9.90 Å². The minimum atomic E-state index is -0.399. The minimum Gasteiger partial charge on any atom is -0.394 e. The Morgan fingerprint density at radius 1 is 1.50 bits per heavy atom. The monoisotopic (exact) mass is 173 g/mol. The normalized spacial score (nSPS) is 14.4. The van der Waals surface area contributed by atoms with Crippen molar-refractivity contribution in [3.63, 3.8) is 0 Å². The van der Waals surface area contributed by atoms with Crippen LogP contribution in [0.4, 0.5) is 0 Å². The molecule has 0 heterocycles. The maximum Gasteiger partial charge on any atom is 0.149 e. The molecule has 0 unspecified atom stereocenters. The fourth-order valence-corrected chi connectivity index (χ4v) is 0.766. The molecule has 2 N–H and O–H groups in total. The highest BCUT2D eigenvalue weighted by Crippen LogP contribution is 2.10. The summed E-state index contributed by atoms with van der Waals surface area (Å²) in [7, 11) is 0. The predicted molar refractivity (Wildman–Crippen MR) is 49.0 cm³/mol. The third-order valence-corrected chi connectivity index (χ3v) is 1.55. The van der Waals surface area contributed by atoms with E-state index in [1.165, 1.54) is 6.92 Å². The molecule has 0 aliphatic carbocycles. The van der Waals surface area contributed by atoms with E-state index in [1.807, 2.05) is 0 Å². The second kappa shape index (κ2) is 4.58. The summed E-state index contributed by atoms with van der Waals surface area (Å²) in [5, 5.41) is 11.8. The lowest BCUT2D eigenvalue weighted by Crippen LogP contribution is -2.42. The highest BCUT2D eigenvalue weighted by molar-refractivity contribution is 5.81. The van der Waals surface area contributed by atoms with E-state index >= 15 is 0 Å². The van der Waals surface area contributed by atoms with Crippen molar-refractivity contribution in [3.8, 4) is 0 Å². The smallest absolute Gasteiger partial charge is 0.149 e. The molecular formula is C9H19NO2. The van der Waals surface area contributed by atoms with Crippen LogP contribution in [0.1, 0.15) is 27.7 Å². The van der Waals surface area contributed by atoms with E-state index in [9.17, 15) is 4.79 Å². The number of Topliss-reactive ketones (excluding diaryl/α,β-unsaturated/α-hetero) is 1. The molecule has 1 atom stereocenters. The van der Waals surface area contributed by atoms with Gasteiger partial charge in [0.2, 0.25) is 0 Å². The summed E-state index contributed by atoms with van der Waals surface area (Å²) in [4.78, 5) is 10.9. The van der Waals surface area contributed by atoms with Gasteiger partial charge in [0, 0.05) is 6.54 Å². The van der Waals surface area contributed by atoms with Gasteiger partial charge in [-0.1, -0.05) is 20.8 Å². The van der Waals surface area contributed by atoms with E-state index in [0.29, 0.717) is 0 Å². The van der Waals surface area contributed by atoms with Crippen molar-refractivity contribution in [3.05, 3.63) is 0 Å². The van der Waals surface area contributed by atoms with Crippen molar-refractivity contribution in [1.29, 1.82) is 0 Å². The first-order chi connectivity index (χ1) is 5.37. The molecule has 0 fully saturated rings. The lowest BCUT2D eigenvalue weighted by molar-refractivity contribution is -0.119. The highest BCUT2D eigenvalue weighted by atomic mass is 16.3. The van der Waals surface area contributed by atoms with Crippen molar-refractivity contribution in [2.75, 3.05) is 13.2 Å². The number of carbonyl (C=O) groups is 1. The van der Waals surface area contributed by atoms with Crippen LogP contribution < -0.4 is 5.32 Å². The Balaban J connectivity index is 3.81. The number of ketones is 1. The topological polar surface area (TPSA) is 49.3 Å². The molecule has 0 aromatic rings. The summed E-state index contributed by atoms with van der Waals surface area (Å²) in [5.41, 5.74) is 0.142. The first-order valence-corrected chi connectivity index (χ1v) is 4.21. The van der Waals surface area contributed by atoms with E-state index < -0.39 is 6.04 Å². The molecule has 0 saturated carbocycles. The highest BCUT2D eigenvalue weighted by Gasteiger charge is 2.16. The number of aliphatic hydroxyl groups is 1. The van der Waals surface area contributed by atoms with Gasteiger partial charge < -0.3 is 10.4 Å². The molecule has 0 aliphatic heterocycles. The number of aliphatic hydroxyl groups excluding tert-OH is 1. The van der Waals surface area contributed by atoms with E-state index in [4.69, 9.17) is 5.11 Å². The Morgan fingerprint density at radius 3 is 2.25 bits per heavy atom. The Hall–Kier alpha value is -0.410. The first kappa shape index (κ1) is 11.6. The standard InChI is InChI=1S/C9H19NO2/c1-7(12)8(5-11)10-6-9(2,3)4/h8,10-11H,5-6H2,1-4H3/t8-/m0/s1. The fraction of sp³-hybridized carbons (Fsp3) is 0.889. The first-order valence-electron chi connectivity index (χ1n) is 4.21. The van der Waals surface area contributed by atoms with E-state index in [0.717, 1.165) is 6.54 Å². The van der Waals surface area contributed by atoms with Crippen LogP contribution in [0.3, 0.4) is 0 Å². The molecule has 0 bridgehead atoms. The Morgan fingerprint density at radius 2 is 2.00 bits per heavy atom. The van der Waals surface area contributed by atoms with Crippen molar-refractivity contribution >= 4 is 5.78 Å². The molecule has 0 saturated heterocycles. The van der Waals surface area contributed by atoms with Crippen LogP contribution in [0, 0.1) is 5.41 Å². The zero-order valence-electron chi connectivity index (χ0n) is 8.35. The van der Waals surface area contributed by atoms with Gasteiger partial charge in [0.25, 0.3) is 0 Å². The molecule has 0 aromatic heterocycles. The van der Waals surface area contributed by atoms with Crippen LogP contribution in [-0.2, 0) is 4.79 Å². The fourth-order valence-electron chi connectivity index (χ4n) is 0.766. The van der Waals surface area contributed by atoms with Crippen LogP contribution in [-0.4, -0.2) is 30.1 Å². The van der Waals surface area contributed by atoms with Crippen molar-refractivity contribution in [2.45, 2.75) is 33.7 Å². The van der Waals surface area contributed by atoms with Gasteiger partial charge in [0.15, 0.2) is 0 Å². The summed E-state index contributed by atoms with van der Waals surface area (Å²) in [6.45, 7) is 8.33. The van der Waals surface area contributed by atoms with Crippen LogP contribution in [0.2, 0.25) is 0 Å². The van der Waals surface area contributed by atoms with Crippen LogP contribution in [0.25, 0.3) is 0 Å². The van der Waals surface area contributed by atoms with Gasteiger partial charge in [0.1, 0.15) is 5.78 Å². The summed E-state index contributed by atoms with van der Waals surface area (Å²) >= 11 is 0. The van der Waals surface area contributed by atoms with Gasteiger partial charge in [-0.2, -0.15) is 0 Å². The Bertz CT molecular complexity index is 149. The number of nitrogens with one attached hydrogen (secondary N) is 1. The average Bonchev–Trinajstić information content (AvgIpc) is 1.85. The molecule has 0 aromatic carbocycles. The minimum absolute atomic E-state index is 0.0123.